The maximum atomic E-state index is 12.5. The zero-order valence-electron chi connectivity index (χ0n) is 16.5. The minimum Gasteiger partial charge on any atom is -0.326 e. The molecule has 2 N–H and O–H groups in total. The van der Waals surface area contributed by atoms with Gasteiger partial charge in [0, 0.05) is 30.5 Å². The number of nitrogens with zero attached hydrogens (tertiary/aromatic N) is 1. The standard InChI is InChI=1S/C23H21N3O3S/c1-14(27)21-20(15-7-3-2-4-8-15)26-23(30-21)25-19(28)12-11-17-13-16-9-5-6-10-18(16)24-22(17)29/h2-10,17H,11-13H2,1H3,(H,24,29)(H,25,26,28). The lowest BCUT2D eigenvalue weighted by molar-refractivity contribution is -0.121. The third kappa shape index (κ3) is 4.31. The average molecular weight is 420 g/mol. The highest BCUT2D eigenvalue weighted by molar-refractivity contribution is 7.18. The Kier molecular flexibility index (Phi) is 5.72. The van der Waals surface area contributed by atoms with E-state index in [0.29, 0.717) is 28.5 Å². The molecular formula is C23H21N3O3S. The lowest BCUT2D eigenvalue weighted by Crippen LogP contribution is -2.30. The first-order chi connectivity index (χ1) is 14.5. The summed E-state index contributed by atoms with van der Waals surface area (Å²) in [5.74, 6) is -0.606. The van der Waals surface area contributed by atoms with Gasteiger partial charge in [0.1, 0.15) is 0 Å². The highest BCUT2D eigenvalue weighted by atomic mass is 32.1. The number of aromatic nitrogens is 1. The minimum absolute atomic E-state index is 0.0546. The summed E-state index contributed by atoms with van der Waals surface area (Å²) in [6, 6.07) is 17.1. The van der Waals surface area contributed by atoms with Gasteiger partial charge in [0.15, 0.2) is 10.9 Å². The molecule has 0 saturated carbocycles. The lowest BCUT2D eigenvalue weighted by atomic mass is 9.89. The van der Waals surface area contributed by atoms with Gasteiger partial charge < -0.3 is 10.6 Å². The smallest absolute Gasteiger partial charge is 0.227 e. The molecule has 2 heterocycles. The summed E-state index contributed by atoms with van der Waals surface area (Å²) >= 11 is 1.17. The van der Waals surface area contributed by atoms with Crippen LogP contribution in [0.4, 0.5) is 10.8 Å². The van der Waals surface area contributed by atoms with E-state index in [1.54, 1.807) is 0 Å². The number of hydrogen-bond acceptors (Lipinski definition) is 5. The van der Waals surface area contributed by atoms with Crippen molar-refractivity contribution in [3.05, 3.63) is 65.0 Å². The highest BCUT2D eigenvalue weighted by Crippen LogP contribution is 2.32. The first kappa shape index (κ1) is 20.0. The molecule has 0 bridgehead atoms. The van der Waals surface area contributed by atoms with Crippen molar-refractivity contribution in [2.24, 2.45) is 5.92 Å². The van der Waals surface area contributed by atoms with Crippen molar-refractivity contribution in [2.75, 3.05) is 10.6 Å². The van der Waals surface area contributed by atoms with Crippen molar-refractivity contribution in [3.8, 4) is 11.3 Å². The Morgan fingerprint density at radius 1 is 1.13 bits per heavy atom. The summed E-state index contributed by atoms with van der Waals surface area (Å²) in [4.78, 5) is 41.8. The second-order valence-electron chi connectivity index (χ2n) is 7.25. The van der Waals surface area contributed by atoms with Gasteiger partial charge in [-0.3, -0.25) is 14.4 Å². The van der Waals surface area contributed by atoms with Gasteiger partial charge in [-0.05, 0) is 24.5 Å². The number of Topliss-reactive ketones (excluding diaryl/α,β-unsaturated/α-hetero) is 1. The minimum atomic E-state index is -0.241. The Hall–Kier alpha value is -3.32. The van der Waals surface area contributed by atoms with E-state index in [4.69, 9.17) is 0 Å². The van der Waals surface area contributed by atoms with E-state index >= 15 is 0 Å². The van der Waals surface area contributed by atoms with Gasteiger partial charge in [0.2, 0.25) is 11.8 Å². The van der Waals surface area contributed by atoms with Crippen LogP contribution in [-0.2, 0) is 16.0 Å². The van der Waals surface area contributed by atoms with Gasteiger partial charge in [-0.25, -0.2) is 4.98 Å². The number of fused-ring (bicyclic) bond motifs is 1. The van der Waals surface area contributed by atoms with Gasteiger partial charge in [-0.2, -0.15) is 0 Å². The van der Waals surface area contributed by atoms with Crippen LogP contribution in [0.5, 0.6) is 0 Å². The number of para-hydroxylation sites is 1. The van der Waals surface area contributed by atoms with Crippen LogP contribution in [0.1, 0.15) is 35.0 Å². The Bertz CT molecular complexity index is 1110. The zero-order valence-corrected chi connectivity index (χ0v) is 17.3. The van der Waals surface area contributed by atoms with E-state index in [-0.39, 0.29) is 29.9 Å². The maximum absolute atomic E-state index is 12.5. The first-order valence-corrected chi connectivity index (χ1v) is 10.6. The molecule has 1 aliphatic heterocycles. The van der Waals surface area contributed by atoms with E-state index in [9.17, 15) is 14.4 Å². The number of anilines is 2. The Balaban J connectivity index is 1.41. The number of thiazole rings is 1. The fraction of sp³-hybridized carbons (Fsp3) is 0.217. The Morgan fingerprint density at radius 2 is 1.87 bits per heavy atom. The van der Waals surface area contributed by atoms with Crippen LogP contribution in [0.15, 0.2) is 54.6 Å². The van der Waals surface area contributed by atoms with Gasteiger partial charge in [0.05, 0.1) is 10.6 Å². The summed E-state index contributed by atoms with van der Waals surface area (Å²) in [5.41, 5.74) is 3.33. The molecule has 1 aromatic heterocycles. The first-order valence-electron chi connectivity index (χ1n) is 9.77. The van der Waals surface area contributed by atoms with Crippen LogP contribution in [0.3, 0.4) is 0 Å². The second kappa shape index (κ2) is 8.59. The zero-order chi connectivity index (χ0) is 21.1. The van der Waals surface area contributed by atoms with Crippen LogP contribution in [0.2, 0.25) is 0 Å². The van der Waals surface area contributed by atoms with Crippen molar-refractivity contribution < 1.29 is 14.4 Å². The molecule has 1 aliphatic rings. The predicted octanol–water partition coefficient (Wildman–Crippen LogP) is 4.54. The molecule has 0 fully saturated rings. The molecule has 0 spiro atoms. The third-order valence-corrected chi connectivity index (χ3v) is 6.14. The SMILES string of the molecule is CC(=O)c1sc(NC(=O)CCC2Cc3ccccc3NC2=O)nc1-c1ccccc1. The monoisotopic (exact) mass is 419 g/mol. The lowest BCUT2D eigenvalue weighted by Gasteiger charge is -2.24. The van der Waals surface area contributed by atoms with Crippen LogP contribution in [-0.4, -0.2) is 22.6 Å². The Morgan fingerprint density at radius 3 is 2.63 bits per heavy atom. The Labute approximate surface area is 178 Å². The molecule has 0 saturated heterocycles. The molecule has 3 aromatic rings. The fourth-order valence-corrected chi connectivity index (χ4v) is 4.44. The molecule has 152 valence electrons. The molecule has 2 amide bonds. The van der Waals surface area contributed by atoms with Crippen LogP contribution >= 0.6 is 11.3 Å². The number of benzene rings is 2. The van der Waals surface area contributed by atoms with Crippen molar-refractivity contribution in [3.63, 3.8) is 0 Å². The normalized spacial score (nSPS) is 15.2. The molecule has 7 heteroatoms. The third-order valence-electron chi connectivity index (χ3n) is 5.07. The van der Waals surface area contributed by atoms with Crippen LogP contribution < -0.4 is 10.6 Å². The van der Waals surface area contributed by atoms with E-state index in [1.165, 1.54) is 18.3 Å². The van der Waals surface area contributed by atoms with E-state index in [0.717, 1.165) is 16.8 Å². The van der Waals surface area contributed by atoms with E-state index in [2.05, 4.69) is 15.6 Å². The predicted molar refractivity (Wildman–Crippen MR) is 118 cm³/mol. The number of amides is 2. The number of carbonyl (C=O) groups excluding carboxylic acids is 3. The molecule has 4 rings (SSSR count). The topological polar surface area (TPSA) is 88.2 Å². The van der Waals surface area contributed by atoms with Crippen molar-refractivity contribution >= 4 is 39.8 Å². The number of hydrogen-bond donors (Lipinski definition) is 2. The molecule has 6 nitrogen and oxygen atoms in total. The molecule has 0 radical (unpaired) electrons. The van der Waals surface area contributed by atoms with Crippen molar-refractivity contribution in [1.82, 2.24) is 4.98 Å². The number of nitrogens with one attached hydrogen (secondary N) is 2. The molecule has 2 aromatic carbocycles. The summed E-state index contributed by atoms with van der Waals surface area (Å²) in [7, 11) is 0. The number of ketones is 1. The van der Waals surface area contributed by atoms with Gasteiger partial charge in [0.25, 0.3) is 0 Å². The largest absolute Gasteiger partial charge is 0.326 e. The summed E-state index contributed by atoms with van der Waals surface area (Å²) < 4.78 is 0. The van der Waals surface area contributed by atoms with Crippen LogP contribution in [0, 0.1) is 5.92 Å². The van der Waals surface area contributed by atoms with Crippen molar-refractivity contribution in [1.29, 1.82) is 0 Å². The highest BCUT2D eigenvalue weighted by Gasteiger charge is 2.26. The quantitative estimate of drug-likeness (QED) is 0.574. The average Bonchev–Trinajstić information content (AvgIpc) is 3.17. The summed E-state index contributed by atoms with van der Waals surface area (Å²) in [6.07, 6.45) is 1.28. The second-order valence-corrected chi connectivity index (χ2v) is 8.25. The van der Waals surface area contributed by atoms with E-state index < -0.39 is 0 Å². The summed E-state index contributed by atoms with van der Waals surface area (Å²) in [5, 5.41) is 6.08. The molecular weight excluding hydrogens is 398 g/mol. The van der Waals surface area contributed by atoms with Gasteiger partial charge >= 0.3 is 0 Å². The van der Waals surface area contributed by atoms with E-state index in [1.807, 2.05) is 54.6 Å². The number of carbonyl (C=O) groups is 3. The molecule has 0 aliphatic carbocycles. The maximum Gasteiger partial charge on any atom is 0.227 e. The van der Waals surface area contributed by atoms with Gasteiger partial charge in [-0.15, -0.1) is 0 Å². The van der Waals surface area contributed by atoms with Gasteiger partial charge in [-0.1, -0.05) is 59.9 Å². The summed E-state index contributed by atoms with van der Waals surface area (Å²) in [6.45, 7) is 1.49. The van der Waals surface area contributed by atoms with Crippen molar-refractivity contribution in [2.45, 2.75) is 26.2 Å². The van der Waals surface area contributed by atoms with Crippen LogP contribution in [0.25, 0.3) is 11.3 Å². The molecule has 1 unspecified atom stereocenters. The molecule has 1 atom stereocenters. The fourth-order valence-electron chi connectivity index (χ4n) is 3.54. The molecule has 30 heavy (non-hydrogen) atoms. The number of rotatable bonds is 6.